The van der Waals surface area contributed by atoms with E-state index in [1.165, 1.54) is 0 Å². The Bertz CT molecular complexity index is 2060. The first-order chi connectivity index (χ1) is 40.0. The highest BCUT2D eigenvalue weighted by molar-refractivity contribution is 5.84. The van der Waals surface area contributed by atoms with Crippen LogP contribution in [-0.4, -0.2) is 164 Å². The van der Waals surface area contributed by atoms with Crippen LogP contribution in [0.5, 0.6) is 0 Å². The summed E-state index contributed by atoms with van der Waals surface area (Å²) < 4.78 is 64.5. The van der Waals surface area contributed by atoms with Gasteiger partial charge in [0.2, 0.25) is 0 Å². The van der Waals surface area contributed by atoms with Crippen molar-refractivity contribution in [2.24, 2.45) is 21.7 Å². The number of carbonyl (C=O) groups is 12. The molecule has 0 saturated heterocycles. The summed E-state index contributed by atoms with van der Waals surface area (Å²) in [5.41, 5.74) is -6.18. The molecule has 0 unspecified atom stereocenters. The van der Waals surface area contributed by atoms with Crippen molar-refractivity contribution in [3.63, 3.8) is 0 Å². The van der Waals surface area contributed by atoms with E-state index in [9.17, 15) is 57.5 Å². The Morgan fingerprint density at radius 3 is 0.524 bits per heavy atom. The average Bonchev–Trinajstić information content (AvgIpc) is 3.72. The molecular weight excluding hydrogens is 1110 g/mol. The SMILES string of the molecule is C=CC(=O)OCC(CCC(COC(=O)C=C)(COC(=O)C=C)COC(=O)NCCCCCCNC(=O)OCC(CCC(COC(=O)C=C)(COC(=O)C=C)COC(=O)C=C)(COC(=O)C=C)COC(=O)C=C)(COC(=O)C=C)COC(=O)C=C. The Morgan fingerprint density at radius 2 is 0.381 bits per heavy atom. The zero-order valence-electron chi connectivity index (χ0n) is 47.2. The van der Waals surface area contributed by atoms with Crippen LogP contribution in [0.1, 0.15) is 51.4 Å². The molecule has 0 aliphatic carbocycles. The quantitative estimate of drug-likeness (QED) is 0.0358. The van der Waals surface area contributed by atoms with Crippen LogP contribution in [0, 0.1) is 21.7 Å². The van der Waals surface area contributed by atoms with Crippen LogP contribution in [-0.2, 0) is 105 Å². The number of esters is 10. The third-order valence-corrected chi connectivity index (χ3v) is 11.9. The lowest BCUT2D eigenvalue weighted by atomic mass is 9.76. The maximum absolute atomic E-state index is 13.2. The standard InChI is InChI=1S/C58H76N2O24/c1-11-43(61)73-31-55(32-74-44(62)12-2,33-75-45(63)13-3)25-27-57(37-79-49(67)17-7,38-80-50(68)18-8)41-83-53(71)59-29-23-21-22-24-30-60-54(72)84-42-58(39-81-51(69)19-9,40-82-52(70)20-10)28-26-56(34-76-46(64)14-4,35-77-47(65)15-5)36-78-48(66)16-6/h11-20H,1-10,21-42H2,(H,59,71)(H,60,72). The molecule has 0 bridgehead atoms. The fraction of sp³-hybridized carbons (Fsp3) is 0.448. The fourth-order valence-corrected chi connectivity index (χ4v) is 6.78. The molecule has 0 aliphatic heterocycles. The van der Waals surface area contributed by atoms with E-state index in [0.717, 1.165) is 60.8 Å². The maximum Gasteiger partial charge on any atom is 0.407 e. The molecule has 26 nitrogen and oxygen atoms in total. The Hall–Kier alpha value is -9.36. The van der Waals surface area contributed by atoms with E-state index in [-0.39, 0.29) is 38.8 Å². The van der Waals surface area contributed by atoms with Gasteiger partial charge in [0, 0.05) is 73.8 Å². The zero-order valence-corrected chi connectivity index (χ0v) is 47.2. The van der Waals surface area contributed by atoms with Crippen LogP contribution < -0.4 is 10.6 Å². The first-order valence-electron chi connectivity index (χ1n) is 25.7. The van der Waals surface area contributed by atoms with Gasteiger partial charge in [-0.2, -0.15) is 0 Å². The van der Waals surface area contributed by atoms with Gasteiger partial charge in [-0.25, -0.2) is 57.5 Å². The Labute approximate surface area is 487 Å². The summed E-state index contributed by atoms with van der Waals surface area (Å²) in [6, 6.07) is 0. The molecule has 2 amide bonds. The van der Waals surface area contributed by atoms with Crippen molar-refractivity contribution in [2.45, 2.75) is 51.4 Å². The number of carbonyl (C=O) groups excluding carboxylic acids is 12. The number of hydrogen-bond acceptors (Lipinski definition) is 24. The minimum atomic E-state index is -1.57. The summed E-state index contributed by atoms with van der Waals surface area (Å²) in [5.74, 6) is -8.91. The number of alkyl carbamates (subject to hydrolysis) is 2. The highest BCUT2D eigenvalue weighted by atomic mass is 16.6. The lowest BCUT2D eigenvalue weighted by Crippen LogP contribution is -2.45. The molecule has 84 heavy (non-hydrogen) atoms. The minimum Gasteiger partial charge on any atom is -0.462 e. The van der Waals surface area contributed by atoms with Gasteiger partial charge < -0.3 is 67.5 Å². The van der Waals surface area contributed by atoms with Gasteiger partial charge in [0.15, 0.2) is 0 Å². The normalized spacial score (nSPS) is 10.8. The Balaban J connectivity index is 6.27. The summed E-state index contributed by atoms with van der Waals surface area (Å²) in [5, 5.41) is 5.18. The van der Waals surface area contributed by atoms with Crippen LogP contribution in [0.25, 0.3) is 0 Å². The Morgan fingerprint density at radius 1 is 0.238 bits per heavy atom. The van der Waals surface area contributed by atoms with Crippen LogP contribution in [0.4, 0.5) is 9.59 Å². The monoisotopic (exact) mass is 1180 g/mol. The van der Waals surface area contributed by atoms with Gasteiger partial charge in [-0.1, -0.05) is 78.6 Å². The van der Waals surface area contributed by atoms with Crippen molar-refractivity contribution in [1.82, 2.24) is 10.6 Å². The van der Waals surface area contributed by atoms with Gasteiger partial charge in [-0.3, -0.25) is 0 Å². The number of ether oxygens (including phenoxy) is 12. The predicted molar refractivity (Wildman–Crippen MR) is 297 cm³/mol. The molecule has 2 N–H and O–H groups in total. The molecule has 0 heterocycles. The molecule has 462 valence electrons. The van der Waals surface area contributed by atoms with Gasteiger partial charge in [-0.05, 0) is 38.5 Å². The van der Waals surface area contributed by atoms with E-state index in [2.05, 4.69) is 76.4 Å². The summed E-state index contributed by atoms with van der Waals surface area (Å²) in [4.78, 5) is 149. The third-order valence-electron chi connectivity index (χ3n) is 11.9. The van der Waals surface area contributed by atoms with Gasteiger partial charge in [0.25, 0.3) is 0 Å². The first kappa shape index (κ1) is 74.6. The highest BCUT2D eigenvalue weighted by Crippen LogP contribution is 2.37. The highest BCUT2D eigenvalue weighted by Gasteiger charge is 2.44. The van der Waals surface area contributed by atoms with Crippen molar-refractivity contribution in [1.29, 1.82) is 0 Å². The molecule has 0 aromatic heterocycles. The second kappa shape index (κ2) is 41.6. The van der Waals surface area contributed by atoms with E-state index in [1.54, 1.807) is 0 Å². The van der Waals surface area contributed by atoms with Crippen molar-refractivity contribution < 1.29 is 114 Å². The van der Waals surface area contributed by atoms with Crippen molar-refractivity contribution >= 4 is 71.9 Å². The third kappa shape index (κ3) is 32.2. The molecule has 0 atom stereocenters. The predicted octanol–water partition coefficient (Wildman–Crippen LogP) is 4.80. The molecule has 0 aromatic rings. The first-order valence-corrected chi connectivity index (χ1v) is 25.7. The zero-order chi connectivity index (χ0) is 63.5. The van der Waals surface area contributed by atoms with E-state index in [0.29, 0.717) is 25.7 Å². The number of hydrogen-bond donors (Lipinski definition) is 2. The summed E-state index contributed by atoms with van der Waals surface area (Å²) in [6.07, 6.45) is 7.79. The van der Waals surface area contributed by atoms with Crippen molar-refractivity contribution in [3.8, 4) is 0 Å². The Kier molecular flexibility index (Phi) is 37.0. The van der Waals surface area contributed by atoms with Crippen molar-refractivity contribution in [3.05, 3.63) is 127 Å². The number of amides is 2. The lowest BCUT2D eigenvalue weighted by Gasteiger charge is -2.37. The van der Waals surface area contributed by atoms with Crippen LogP contribution in [0.2, 0.25) is 0 Å². The summed E-state index contributed by atoms with van der Waals surface area (Å²) in [6.45, 7) is 27.3. The number of nitrogens with one attached hydrogen (secondary N) is 2. The molecule has 0 aromatic carbocycles. The van der Waals surface area contributed by atoms with Gasteiger partial charge in [0.1, 0.15) is 79.3 Å². The van der Waals surface area contributed by atoms with Gasteiger partial charge >= 0.3 is 71.9 Å². The van der Waals surface area contributed by atoms with Gasteiger partial charge in [-0.15, -0.1) is 0 Å². The largest absolute Gasteiger partial charge is 0.462 e. The molecule has 0 aliphatic rings. The van der Waals surface area contributed by atoms with E-state index in [1.807, 2.05) is 0 Å². The average molecular weight is 1190 g/mol. The second-order valence-corrected chi connectivity index (χ2v) is 18.5. The van der Waals surface area contributed by atoms with Crippen LogP contribution in [0.3, 0.4) is 0 Å². The lowest BCUT2D eigenvalue weighted by molar-refractivity contribution is -0.162. The molecular formula is C58H76N2O24. The molecule has 0 fully saturated rings. The number of rotatable bonds is 47. The van der Waals surface area contributed by atoms with E-state index < -0.39 is 173 Å². The smallest absolute Gasteiger partial charge is 0.407 e. The van der Waals surface area contributed by atoms with Gasteiger partial charge in [0.05, 0.1) is 21.7 Å². The fourth-order valence-electron chi connectivity index (χ4n) is 6.78. The molecule has 0 spiro atoms. The van der Waals surface area contributed by atoms with E-state index >= 15 is 0 Å². The minimum absolute atomic E-state index is 0.0830. The molecule has 26 heteroatoms. The second-order valence-electron chi connectivity index (χ2n) is 18.5. The topological polar surface area (TPSA) is 340 Å². The van der Waals surface area contributed by atoms with E-state index in [4.69, 9.17) is 56.8 Å². The maximum atomic E-state index is 13.2. The summed E-state index contributed by atoms with van der Waals surface area (Å²) in [7, 11) is 0. The van der Waals surface area contributed by atoms with Crippen LogP contribution >= 0.6 is 0 Å². The summed E-state index contributed by atoms with van der Waals surface area (Å²) >= 11 is 0. The molecule has 0 rings (SSSR count). The number of unbranched alkanes of at least 4 members (excludes halogenated alkanes) is 3. The van der Waals surface area contributed by atoms with Crippen molar-refractivity contribution in [2.75, 3.05) is 92.4 Å². The van der Waals surface area contributed by atoms with Crippen LogP contribution in [0.15, 0.2) is 127 Å². The molecule has 0 radical (unpaired) electrons. The molecule has 0 saturated carbocycles.